The van der Waals surface area contributed by atoms with Gasteiger partial charge in [0.2, 0.25) is 5.91 Å². The summed E-state index contributed by atoms with van der Waals surface area (Å²) in [4.78, 5) is 33.5. The highest BCUT2D eigenvalue weighted by Gasteiger charge is 2.49. The van der Waals surface area contributed by atoms with Gasteiger partial charge in [0.25, 0.3) is 0 Å². The van der Waals surface area contributed by atoms with Crippen molar-refractivity contribution in [2.75, 3.05) is 26.2 Å². The molecule has 2 aliphatic heterocycles. The fourth-order valence-electron chi connectivity index (χ4n) is 9.01. The second kappa shape index (κ2) is 13.4. The summed E-state index contributed by atoms with van der Waals surface area (Å²) in [7, 11) is 0. The fraction of sp³-hybridized carbons (Fsp3) is 0.487. The van der Waals surface area contributed by atoms with E-state index in [0.717, 1.165) is 63.7 Å². The van der Waals surface area contributed by atoms with E-state index in [1.807, 2.05) is 42.2 Å². The molecule has 236 valence electrons. The van der Waals surface area contributed by atoms with Crippen molar-refractivity contribution in [2.24, 2.45) is 11.8 Å². The Morgan fingerprint density at radius 1 is 0.844 bits per heavy atom. The summed E-state index contributed by atoms with van der Waals surface area (Å²) in [6.07, 6.45) is 6.58. The number of likely N-dealkylation sites (tertiary alicyclic amines) is 2. The van der Waals surface area contributed by atoms with Crippen LogP contribution < -0.4 is 0 Å². The molecule has 45 heavy (non-hydrogen) atoms. The van der Waals surface area contributed by atoms with E-state index in [0.29, 0.717) is 55.3 Å². The topological polar surface area (TPSA) is 53.1 Å². The van der Waals surface area contributed by atoms with Gasteiger partial charge in [0.15, 0.2) is 0 Å². The number of hydrogen-bond acceptors (Lipinski definition) is 4. The number of carbonyl (C=O) groups is 2. The summed E-state index contributed by atoms with van der Waals surface area (Å²) in [6.45, 7) is 6.04. The third-order valence-corrected chi connectivity index (χ3v) is 11.2. The van der Waals surface area contributed by atoms with Crippen molar-refractivity contribution in [3.63, 3.8) is 0 Å². The van der Waals surface area contributed by atoms with Gasteiger partial charge in [0, 0.05) is 50.7 Å². The lowest BCUT2D eigenvalue weighted by molar-refractivity contribution is -0.131. The molecule has 1 saturated carbocycles. The molecule has 0 aromatic heterocycles. The van der Waals surface area contributed by atoms with Crippen LogP contribution in [-0.2, 0) is 29.0 Å². The summed E-state index contributed by atoms with van der Waals surface area (Å²) in [5.41, 5.74) is 5.30. The molecular formula is C39H47N3O3. The lowest BCUT2D eigenvalue weighted by Gasteiger charge is -2.39. The minimum atomic E-state index is -0.207. The Hall–Kier alpha value is -3.64. The van der Waals surface area contributed by atoms with E-state index < -0.39 is 0 Å². The zero-order valence-corrected chi connectivity index (χ0v) is 26.6. The number of amides is 2. The molecule has 7 rings (SSSR count). The lowest BCUT2D eigenvalue weighted by Crippen LogP contribution is -2.48. The molecule has 2 aliphatic carbocycles. The number of fused-ring (bicyclic) bond motifs is 2. The quantitative estimate of drug-likeness (QED) is 0.287. The number of piperidine rings is 1. The van der Waals surface area contributed by atoms with Crippen molar-refractivity contribution < 1.29 is 14.3 Å². The number of ether oxygens (including phenoxy) is 1. The molecule has 2 heterocycles. The van der Waals surface area contributed by atoms with Crippen molar-refractivity contribution in [3.05, 3.63) is 107 Å². The molecule has 3 aromatic rings. The minimum Gasteiger partial charge on any atom is -0.445 e. The SMILES string of the molecule is CCN(C(=O)OCc1ccccc1)C1CCN(C[C@H]2CC(N3C(=O)C[C@@H]4Cc5ccccc5C[C@@H]43)C[C@@H]2c2ccccc2)CC1. The van der Waals surface area contributed by atoms with Crippen molar-refractivity contribution >= 4 is 12.0 Å². The van der Waals surface area contributed by atoms with Gasteiger partial charge in [0.05, 0.1) is 0 Å². The van der Waals surface area contributed by atoms with Crippen molar-refractivity contribution in [1.82, 2.24) is 14.7 Å². The van der Waals surface area contributed by atoms with E-state index in [1.54, 1.807) is 0 Å². The Bertz CT molecular complexity index is 1450. The first kappa shape index (κ1) is 30.0. The van der Waals surface area contributed by atoms with Crippen LogP contribution in [0.1, 0.15) is 67.2 Å². The highest BCUT2D eigenvalue weighted by Crippen LogP contribution is 2.47. The molecule has 6 heteroatoms. The molecule has 2 amide bonds. The smallest absolute Gasteiger partial charge is 0.410 e. The van der Waals surface area contributed by atoms with E-state index >= 15 is 0 Å². The highest BCUT2D eigenvalue weighted by molar-refractivity contribution is 5.80. The molecule has 0 spiro atoms. The monoisotopic (exact) mass is 605 g/mol. The number of hydrogen-bond donors (Lipinski definition) is 0. The average molecular weight is 606 g/mol. The van der Waals surface area contributed by atoms with Crippen LogP contribution in [0.2, 0.25) is 0 Å². The van der Waals surface area contributed by atoms with Gasteiger partial charge in [0.1, 0.15) is 6.61 Å². The van der Waals surface area contributed by atoms with Crippen LogP contribution in [0.4, 0.5) is 4.79 Å². The summed E-state index contributed by atoms with van der Waals surface area (Å²) in [5, 5.41) is 0. The zero-order valence-electron chi connectivity index (χ0n) is 26.6. The normalized spacial score (nSPS) is 26.8. The maximum absolute atomic E-state index is 13.6. The third-order valence-electron chi connectivity index (χ3n) is 11.2. The van der Waals surface area contributed by atoms with E-state index in [1.165, 1.54) is 16.7 Å². The van der Waals surface area contributed by atoms with Gasteiger partial charge in [-0.25, -0.2) is 4.79 Å². The van der Waals surface area contributed by atoms with Gasteiger partial charge < -0.3 is 19.4 Å². The zero-order chi connectivity index (χ0) is 30.8. The molecule has 4 aliphatic rings. The van der Waals surface area contributed by atoms with E-state index in [9.17, 15) is 9.59 Å². The van der Waals surface area contributed by atoms with Crippen LogP contribution in [0.3, 0.4) is 0 Å². The van der Waals surface area contributed by atoms with Gasteiger partial charge >= 0.3 is 6.09 Å². The van der Waals surface area contributed by atoms with Gasteiger partial charge in [-0.05, 0) is 85.5 Å². The summed E-state index contributed by atoms with van der Waals surface area (Å²) < 4.78 is 5.70. The molecular weight excluding hydrogens is 558 g/mol. The predicted molar refractivity (Wildman–Crippen MR) is 177 cm³/mol. The largest absolute Gasteiger partial charge is 0.445 e. The van der Waals surface area contributed by atoms with Crippen LogP contribution in [0, 0.1) is 11.8 Å². The van der Waals surface area contributed by atoms with E-state index in [-0.39, 0.29) is 12.1 Å². The van der Waals surface area contributed by atoms with Crippen molar-refractivity contribution in [3.8, 4) is 0 Å². The average Bonchev–Trinajstić information content (AvgIpc) is 3.63. The Kier molecular flexibility index (Phi) is 8.93. The molecule has 3 aromatic carbocycles. The fourth-order valence-corrected chi connectivity index (χ4v) is 9.01. The second-order valence-electron chi connectivity index (χ2n) is 13.8. The first-order valence-electron chi connectivity index (χ1n) is 17.2. The molecule has 3 fully saturated rings. The number of rotatable bonds is 8. The molecule has 2 saturated heterocycles. The maximum Gasteiger partial charge on any atom is 0.410 e. The predicted octanol–water partition coefficient (Wildman–Crippen LogP) is 6.69. The summed E-state index contributed by atoms with van der Waals surface area (Å²) >= 11 is 0. The standard InChI is InChI=1S/C39H47N3O3/c1-2-41(39(44)45-27-28-11-5-3-6-12-28)34-17-19-40(20-18-34)26-33-22-35(25-36(33)29-13-7-4-8-14-29)42-37-23-31-16-10-9-15-30(31)21-32(37)24-38(42)43/h3-16,32-37H,2,17-27H2,1H3/t32-,33+,35?,36+,37-/m0/s1. The van der Waals surface area contributed by atoms with Crippen LogP contribution in [0.5, 0.6) is 0 Å². The first-order chi connectivity index (χ1) is 22.1. The maximum atomic E-state index is 13.6. The van der Waals surface area contributed by atoms with Gasteiger partial charge in [-0.15, -0.1) is 0 Å². The van der Waals surface area contributed by atoms with E-state index in [4.69, 9.17) is 4.74 Å². The van der Waals surface area contributed by atoms with Gasteiger partial charge in [-0.3, -0.25) is 4.79 Å². The van der Waals surface area contributed by atoms with Gasteiger partial charge in [-0.2, -0.15) is 0 Å². The number of benzene rings is 3. The highest BCUT2D eigenvalue weighted by atomic mass is 16.6. The number of carbonyl (C=O) groups excluding carboxylic acids is 2. The molecule has 0 bridgehead atoms. The Morgan fingerprint density at radius 3 is 2.22 bits per heavy atom. The minimum absolute atomic E-state index is 0.207. The van der Waals surface area contributed by atoms with Gasteiger partial charge in [-0.1, -0.05) is 84.9 Å². The van der Waals surface area contributed by atoms with E-state index in [2.05, 4.69) is 64.4 Å². The third kappa shape index (κ3) is 6.40. The van der Waals surface area contributed by atoms with Crippen LogP contribution >= 0.6 is 0 Å². The number of nitrogens with zero attached hydrogens (tertiary/aromatic N) is 3. The Labute approximate surface area is 268 Å². The van der Waals surface area contributed by atoms with Crippen LogP contribution in [0.25, 0.3) is 0 Å². The first-order valence-corrected chi connectivity index (χ1v) is 17.2. The Balaban J connectivity index is 0.998. The lowest BCUT2D eigenvalue weighted by atomic mass is 9.80. The molecule has 0 N–H and O–H groups in total. The molecule has 6 nitrogen and oxygen atoms in total. The van der Waals surface area contributed by atoms with Crippen LogP contribution in [-0.4, -0.2) is 71.0 Å². The van der Waals surface area contributed by atoms with Crippen molar-refractivity contribution in [1.29, 1.82) is 0 Å². The van der Waals surface area contributed by atoms with Crippen molar-refractivity contribution in [2.45, 2.75) is 82.5 Å². The van der Waals surface area contributed by atoms with Crippen LogP contribution in [0.15, 0.2) is 84.9 Å². The molecule has 1 unspecified atom stereocenters. The Morgan fingerprint density at radius 2 is 1.51 bits per heavy atom. The molecule has 0 radical (unpaired) electrons. The second-order valence-corrected chi connectivity index (χ2v) is 13.8. The molecule has 5 atom stereocenters. The summed E-state index contributed by atoms with van der Waals surface area (Å²) in [6, 6.07) is 30.6. The summed E-state index contributed by atoms with van der Waals surface area (Å²) in [5.74, 6) is 1.78.